The SMILES string of the molecule is CCOCCN(CC)CC1(CO)CCCCC1. The minimum Gasteiger partial charge on any atom is -0.396 e. The van der Waals surface area contributed by atoms with Gasteiger partial charge < -0.3 is 14.7 Å². The van der Waals surface area contributed by atoms with Gasteiger partial charge >= 0.3 is 0 Å². The van der Waals surface area contributed by atoms with E-state index in [0.717, 1.165) is 32.8 Å². The molecular weight excluding hydrogens is 214 g/mol. The number of hydrogen-bond donors (Lipinski definition) is 1. The molecule has 0 aliphatic heterocycles. The number of hydrogen-bond acceptors (Lipinski definition) is 3. The molecule has 0 atom stereocenters. The van der Waals surface area contributed by atoms with E-state index in [1.807, 2.05) is 6.92 Å². The van der Waals surface area contributed by atoms with Crippen molar-refractivity contribution in [2.75, 3.05) is 39.5 Å². The van der Waals surface area contributed by atoms with Crippen LogP contribution in [-0.4, -0.2) is 49.5 Å². The highest BCUT2D eigenvalue weighted by molar-refractivity contribution is 4.85. The molecule has 3 heteroatoms. The molecule has 0 bridgehead atoms. The van der Waals surface area contributed by atoms with Crippen molar-refractivity contribution in [3.63, 3.8) is 0 Å². The van der Waals surface area contributed by atoms with Gasteiger partial charge in [-0.25, -0.2) is 0 Å². The van der Waals surface area contributed by atoms with E-state index in [1.54, 1.807) is 0 Å². The van der Waals surface area contributed by atoms with Gasteiger partial charge in [-0.2, -0.15) is 0 Å². The van der Waals surface area contributed by atoms with Crippen LogP contribution in [0.1, 0.15) is 46.0 Å². The van der Waals surface area contributed by atoms with Gasteiger partial charge in [0.1, 0.15) is 0 Å². The third-order valence-electron chi connectivity index (χ3n) is 4.01. The quantitative estimate of drug-likeness (QED) is 0.664. The summed E-state index contributed by atoms with van der Waals surface area (Å²) in [4.78, 5) is 2.43. The molecule has 17 heavy (non-hydrogen) atoms. The summed E-state index contributed by atoms with van der Waals surface area (Å²) < 4.78 is 5.42. The molecule has 0 saturated heterocycles. The Morgan fingerprint density at radius 2 is 1.88 bits per heavy atom. The Hall–Kier alpha value is -0.120. The van der Waals surface area contributed by atoms with Crippen molar-refractivity contribution in [3.05, 3.63) is 0 Å². The van der Waals surface area contributed by atoms with Gasteiger partial charge in [0.25, 0.3) is 0 Å². The van der Waals surface area contributed by atoms with Crippen molar-refractivity contribution in [3.8, 4) is 0 Å². The van der Waals surface area contributed by atoms with E-state index in [4.69, 9.17) is 4.74 Å². The molecular formula is C14H29NO2. The van der Waals surface area contributed by atoms with E-state index in [-0.39, 0.29) is 5.41 Å². The van der Waals surface area contributed by atoms with Crippen LogP contribution in [0.3, 0.4) is 0 Å². The first kappa shape index (κ1) is 14.9. The molecule has 0 aromatic heterocycles. The average Bonchev–Trinajstić information content (AvgIpc) is 2.39. The van der Waals surface area contributed by atoms with Crippen molar-refractivity contribution < 1.29 is 9.84 Å². The van der Waals surface area contributed by atoms with Crippen LogP contribution in [0.15, 0.2) is 0 Å². The summed E-state index contributed by atoms with van der Waals surface area (Å²) in [5, 5.41) is 9.70. The lowest BCUT2D eigenvalue weighted by Crippen LogP contribution is -2.42. The van der Waals surface area contributed by atoms with Gasteiger partial charge in [0, 0.05) is 31.7 Å². The van der Waals surface area contributed by atoms with Crippen LogP contribution >= 0.6 is 0 Å². The van der Waals surface area contributed by atoms with Crippen LogP contribution in [0.2, 0.25) is 0 Å². The fraction of sp³-hybridized carbons (Fsp3) is 1.00. The van der Waals surface area contributed by atoms with E-state index in [1.165, 1.54) is 32.1 Å². The first-order valence-corrected chi connectivity index (χ1v) is 7.17. The second-order valence-electron chi connectivity index (χ2n) is 5.28. The van der Waals surface area contributed by atoms with Gasteiger partial charge in [-0.15, -0.1) is 0 Å². The molecule has 0 spiro atoms. The smallest absolute Gasteiger partial charge is 0.0593 e. The number of aliphatic hydroxyl groups excluding tert-OH is 1. The van der Waals surface area contributed by atoms with Crippen molar-refractivity contribution in [2.24, 2.45) is 5.41 Å². The molecule has 1 saturated carbocycles. The number of ether oxygens (including phenoxy) is 1. The highest BCUT2D eigenvalue weighted by Crippen LogP contribution is 2.36. The molecule has 1 rings (SSSR count). The predicted octanol–water partition coefficient (Wildman–Crippen LogP) is 2.29. The zero-order valence-corrected chi connectivity index (χ0v) is 11.6. The van der Waals surface area contributed by atoms with Crippen LogP contribution in [0.25, 0.3) is 0 Å². The Morgan fingerprint density at radius 1 is 1.18 bits per heavy atom. The molecule has 1 N–H and O–H groups in total. The zero-order valence-electron chi connectivity index (χ0n) is 11.6. The van der Waals surface area contributed by atoms with Crippen molar-refractivity contribution >= 4 is 0 Å². The molecule has 102 valence electrons. The Balaban J connectivity index is 2.40. The highest BCUT2D eigenvalue weighted by atomic mass is 16.5. The van der Waals surface area contributed by atoms with E-state index in [9.17, 15) is 5.11 Å². The van der Waals surface area contributed by atoms with Gasteiger partial charge in [0.15, 0.2) is 0 Å². The molecule has 0 aromatic carbocycles. The number of rotatable bonds is 8. The zero-order chi connectivity index (χ0) is 12.6. The van der Waals surface area contributed by atoms with E-state index in [2.05, 4.69) is 11.8 Å². The standard InChI is InChI=1S/C14H29NO2/c1-3-15(10-11-17-4-2)12-14(13-16)8-6-5-7-9-14/h16H,3-13H2,1-2H3. The first-order chi connectivity index (χ1) is 8.26. The Morgan fingerprint density at radius 3 is 2.41 bits per heavy atom. The van der Waals surface area contributed by atoms with Gasteiger partial charge in [0.2, 0.25) is 0 Å². The molecule has 1 aliphatic rings. The first-order valence-electron chi connectivity index (χ1n) is 7.17. The van der Waals surface area contributed by atoms with Gasteiger partial charge in [-0.05, 0) is 26.3 Å². The molecule has 0 amide bonds. The van der Waals surface area contributed by atoms with Crippen molar-refractivity contribution in [1.82, 2.24) is 4.90 Å². The topological polar surface area (TPSA) is 32.7 Å². The largest absolute Gasteiger partial charge is 0.396 e. The Kier molecular flexibility index (Phi) is 7.09. The van der Waals surface area contributed by atoms with Crippen LogP contribution in [0.5, 0.6) is 0 Å². The van der Waals surface area contributed by atoms with Gasteiger partial charge in [-0.3, -0.25) is 0 Å². The highest BCUT2D eigenvalue weighted by Gasteiger charge is 2.32. The lowest BCUT2D eigenvalue weighted by Gasteiger charge is -2.39. The predicted molar refractivity (Wildman–Crippen MR) is 71.2 cm³/mol. The summed E-state index contributed by atoms with van der Waals surface area (Å²) >= 11 is 0. The van der Waals surface area contributed by atoms with E-state index in [0.29, 0.717) is 6.61 Å². The van der Waals surface area contributed by atoms with Crippen LogP contribution in [0.4, 0.5) is 0 Å². The van der Waals surface area contributed by atoms with E-state index >= 15 is 0 Å². The monoisotopic (exact) mass is 243 g/mol. The molecule has 1 aliphatic carbocycles. The van der Waals surface area contributed by atoms with Crippen LogP contribution in [-0.2, 0) is 4.74 Å². The lowest BCUT2D eigenvalue weighted by molar-refractivity contribution is 0.0298. The maximum absolute atomic E-state index is 9.70. The lowest BCUT2D eigenvalue weighted by atomic mass is 9.74. The third kappa shape index (κ3) is 4.94. The molecule has 0 unspecified atom stereocenters. The minimum absolute atomic E-state index is 0.167. The second kappa shape index (κ2) is 8.06. The number of likely N-dealkylation sites (N-methyl/N-ethyl adjacent to an activating group) is 1. The number of aliphatic hydroxyl groups is 1. The maximum atomic E-state index is 9.70. The molecule has 0 radical (unpaired) electrons. The summed E-state index contributed by atoms with van der Waals surface area (Å²) in [7, 11) is 0. The van der Waals surface area contributed by atoms with Gasteiger partial charge in [0.05, 0.1) is 6.61 Å². The van der Waals surface area contributed by atoms with E-state index < -0.39 is 0 Å². The normalized spacial score (nSPS) is 19.8. The van der Waals surface area contributed by atoms with Crippen LogP contribution < -0.4 is 0 Å². The van der Waals surface area contributed by atoms with Crippen molar-refractivity contribution in [1.29, 1.82) is 0 Å². The Labute approximate surface area is 106 Å². The fourth-order valence-electron chi connectivity index (χ4n) is 2.83. The summed E-state index contributed by atoms with van der Waals surface area (Å²) in [6, 6.07) is 0. The van der Waals surface area contributed by atoms with Crippen molar-refractivity contribution in [2.45, 2.75) is 46.0 Å². The third-order valence-corrected chi connectivity index (χ3v) is 4.01. The maximum Gasteiger partial charge on any atom is 0.0593 e. The molecule has 0 heterocycles. The van der Waals surface area contributed by atoms with Crippen LogP contribution in [0, 0.1) is 5.41 Å². The summed E-state index contributed by atoms with van der Waals surface area (Å²) in [5.41, 5.74) is 0.167. The summed E-state index contributed by atoms with van der Waals surface area (Å²) in [6.45, 7) is 9.26. The fourth-order valence-corrected chi connectivity index (χ4v) is 2.83. The second-order valence-corrected chi connectivity index (χ2v) is 5.28. The molecule has 0 aromatic rings. The molecule has 3 nitrogen and oxygen atoms in total. The minimum atomic E-state index is 0.167. The Bertz CT molecular complexity index is 191. The van der Waals surface area contributed by atoms with Gasteiger partial charge in [-0.1, -0.05) is 26.2 Å². The summed E-state index contributed by atoms with van der Waals surface area (Å²) in [5.74, 6) is 0. The number of nitrogens with zero attached hydrogens (tertiary/aromatic N) is 1. The average molecular weight is 243 g/mol. The summed E-state index contributed by atoms with van der Waals surface area (Å²) in [6.07, 6.45) is 6.28. The molecule has 1 fully saturated rings.